The van der Waals surface area contributed by atoms with Crippen molar-refractivity contribution in [1.82, 2.24) is 0 Å². The summed E-state index contributed by atoms with van der Waals surface area (Å²) in [6, 6.07) is 1.91. The van der Waals surface area contributed by atoms with E-state index in [0.717, 1.165) is 24.7 Å². The highest BCUT2D eigenvalue weighted by Gasteiger charge is 2.19. The summed E-state index contributed by atoms with van der Waals surface area (Å²) < 4.78 is 69.3. The molecule has 0 aliphatic heterocycles. The monoisotopic (exact) mass is 458 g/mol. The summed E-state index contributed by atoms with van der Waals surface area (Å²) in [5, 5.41) is -1.15. The van der Waals surface area contributed by atoms with Crippen molar-refractivity contribution < 1.29 is 49.3 Å². The summed E-state index contributed by atoms with van der Waals surface area (Å²) in [5.74, 6) is -1.35. The third-order valence-electron chi connectivity index (χ3n) is 2.67. The van der Waals surface area contributed by atoms with Gasteiger partial charge in [0.25, 0.3) is 9.05 Å². The zero-order chi connectivity index (χ0) is 21.5. The molecule has 0 aromatic carbocycles. The van der Waals surface area contributed by atoms with E-state index in [2.05, 4.69) is 18.3 Å². The summed E-state index contributed by atoms with van der Waals surface area (Å²) in [6.45, 7) is 3.62. The van der Waals surface area contributed by atoms with Crippen LogP contribution in [-0.2, 0) is 28.6 Å². The van der Waals surface area contributed by atoms with Gasteiger partial charge in [0.15, 0.2) is 0 Å². The van der Waals surface area contributed by atoms with Crippen molar-refractivity contribution in [3.05, 3.63) is 35.8 Å². The zero-order valence-corrected chi connectivity index (χ0v) is 16.8. The van der Waals surface area contributed by atoms with Crippen LogP contribution in [0, 0.1) is 0 Å². The molecule has 2 heterocycles. The Morgan fingerprint density at radius 3 is 1.61 bits per heavy atom. The molecule has 11 nitrogen and oxygen atoms in total. The highest BCUT2D eigenvalue weighted by atomic mass is 35.7. The van der Waals surface area contributed by atoms with E-state index in [4.69, 9.17) is 15.2 Å². The third-order valence-corrected chi connectivity index (χ3v) is 4.54. The van der Waals surface area contributed by atoms with Gasteiger partial charge in [0.1, 0.15) is 12.5 Å². The Morgan fingerprint density at radius 2 is 1.32 bits per heavy atom. The van der Waals surface area contributed by atoms with E-state index < -0.39 is 41.3 Å². The molecule has 0 saturated carbocycles. The summed E-state index contributed by atoms with van der Waals surface area (Å²) in [5.41, 5.74) is -0.0365. The van der Waals surface area contributed by atoms with E-state index in [1.165, 1.54) is 0 Å². The maximum absolute atomic E-state index is 11.1. The topological polar surface area (TPSA) is 167 Å². The van der Waals surface area contributed by atoms with Crippen molar-refractivity contribution in [1.29, 1.82) is 0 Å². The molecule has 0 aliphatic rings. The van der Waals surface area contributed by atoms with Crippen LogP contribution in [0.4, 0.5) is 0 Å². The minimum absolute atomic E-state index is 0.0195. The van der Waals surface area contributed by atoms with Crippen molar-refractivity contribution in [3.8, 4) is 0 Å². The molecule has 156 valence electrons. The number of furan rings is 2. The Hall–Kier alpha value is -2.35. The molecule has 0 amide bonds. The van der Waals surface area contributed by atoms with E-state index in [1.807, 2.05) is 0 Å². The molecule has 0 radical (unpaired) electrons. The smallest absolute Gasteiger partial charge is 0.341 e. The number of carbonyl (C=O) groups is 2. The lowest BCUT2D eigenvalue weighted by Gasteiger charge is -1.95. The quantitative estimate of drug-likeness (QED) is 0.382. The summed E-state index contributed by atoms with van der Waals surface area (Å²) in [7, 11) is -3.36. The molecule has 1 N–H and O–H groups in total. The third kappa shape index (κ3) is 6.99. The Kier molecular flexibility index (Phi) is 8.23. The SMILES string of the molecule is CCOC(=O)c1coc(S(=O)(=O)Cl)c1.CCOC(=O)c1coc(S(=O)(=O)O)c1. The summed E-state index contributed by atoms with van der Waals surface area (Å²) >= 11 is 0. The Morgan fingerprint density at radius 1 is 0.929 bits per heavy atom. The first-order chi connectivity index (χ1) is 12.9. The van der Waals surface area contributed by atoms with E-state index >= 15 is 0 Å². The van der Waals surface area contributed by atoms with Crippen LogP contribution in [-0.4, -0.2) is 46.5 Å². The average molecular weight is 459 g/mol. The molecule has 0 bridgehead atoms. The van der Waals surface area contributed by atoms with E-state index in [-0.39, 0.29) is 24.3 Å². The first kappa shape index (κ1) is 23.7. The Bertz CT molecular complexity index is 947. The normalized spacial score (nSPS) is 11.3. The van der Waals surface area contributed by atoms with Crippen LogP contribution >= 0.6 is 10.7 Å². The first-order valence-electron chi connectivity index (χ1n) is 7.33. The van der Waals surface area contributed by atoms with E-state index in [1.54, 1.807) is 13.8 Å². The van der Waals surface area contributed by atoms with Gasteiger partial charge in [-0.25, -0.2) is 18.0 Å². The zero-order valence-electron chi connectivity index (χ0n) is 14.4. The van der Waals surface area contributed by atoms with E-state index in [0.29, 0.717) is 0 Å². The molecular formula is C14H15ClO11S2. The minimum atomic E-state index is -4.40. The van der Waals surface area contributed by atoms with Gasteiger partial charge in [-0.1, -0.05) is 0 Å². The molecule has 0 atom stereocenters. The largest absolute Gasteiger partial charge is 0.462 e. The molecule has 28 heavy (non-hydrogen) atoms. The number of ether oxygens (including phenoxy) is 2. The molecule has 14 heteroatoms. The van der Waals surface area contributed by atoms with Gasteiger partial charge in [0, 0.05) is 22.8 Å². The lowest BCUT2D eigenvalue weighted by molar-refractivity contribution is 0.0516. The van der Waals surface area contributed by atoms with Gasteiger partial charge in [-0.15, -0.1) is 0 Å². The highest BCUT2D eigenvalue weighted by Crippen LogP contribution is 2.18. The number of esters is 2. The maximum Gasteiger partial charge on any atom is 0.341 e. The molecule has 0 unspecified atom stereocenters. The van der Waals surface area contributed by atoms with Gasteiger partial charge in [-0.3, -0.25) is 4.55 Å². The molecule has 2 rings (SSSR count). The Balaban J connectivity index is 0.000000280. The highest BCUT2D eigenvalue weighted by molar-refractivity contribution is 8.13. The predicted molar refractivity (Wildman–Crippen MR) is 92.2 cm³/mol. The average Bonchev–Trinajstić information content (AvgIpc) is 3.25. The van der Waals surface area contributed by atoms with Gasteiger partial charge >= 0.3 is 22.1 Å². The number of rotatable bonds is 6. The number of hydrogen-bond acceptors (Lipinski definition) is 10. The lowest BCUT2D eigenvalue weighted by Crippen LogP contribution is -2.03. The predicted octanol–water partition coefficient (Wildman–Crippen LogP) is 2.09. The van der Waals surface area contributed by atoms with Crippen LogP contribution in [0.2, 0.25) is 0 Å². The second kappa shape index (κ2) is 9.73. The lowest BCUT2D eigenvalue weighted by atomic mass is 10.3. The van der Waals surface area contributed by atoms with Gasteiger partial charge in [-0.05, 0) is 13.8 Å². The minimum Gasteiger partial charge on any atom is -0.462 e. The second-order valence-corrected chi connectivity index (χ2v) is 8.51. The van der Waals surface area contributed by atoms with Crippen LogP contribution in [0.1, 0.15) is 34.6 Å². The van der Waals surface area contributed by atoms with Gasteiger partial charge < -0.3 is 18.3 Å². The second-order valence-electron chi connectivity index (χ2n) is 4.66. The fraction of sp³-hybridized carbons (Fsp3) is 0.286. The molecular weight excluding hydrogens is 444 g/mol. The standard InChI is InChI=1S/C7H7ClO5S.C7H8O6S/c1-2-12-7(9)5-3-6(13-4-5)14(8,10)11;1-2-12-7(8)5-3-6(13-4-5)14(9,10)11/h3-4H,2H2,1H3;3-4H,2H2,1H3,(H,9,10,11). The van der Waals surface area contributed by atoms with Crippen LogP contribution in [0.3, 0.4) is 0 Å². The summed E-state index contributed by atoms with van der Waals surface area (Å²) in [4.78, 5) is 22.1. The fourth-order valence-corrected chi connectivity index (χ4v) is 2.66. The van der Waals surface area contributed by atoms with Crippen LogP contribution in [0.25, 0.3) is 0 Å². The van der Waals surface area contributed by atoms with Crippen LogP contribution in [0.5, 0.6) is 0 Å². The number of hydrogen-bond donors (Lipinski definition) is 1. The maximum atomic E-state index is 11.1. The van der Waals surface area contributed by atoms with Crippen molar-refractivity contribution in [3.63, 3.8) is 0 Å². The van der Waals surface area contributed by atoms with Crippen LogP contribution < -0.4 is 0 Å². The number of carbonyl (C=O) groups excluding carboxylic acids is 2. The molecule has 2 aromatic rings. The van der Waals surface area contributed by atoms with E-state index in [9.17, 15) is 26.4 Å². The van der Waals surface area contributed by atoms with Crippen molar-refractivity contribution >= 4 is 41.8 Å². The molecule has 2 aromatic heterocycles. The fourth-order valence-electron chi connectivity index (χ4n) is 1.54. The van der Waals surface area contributed by atoms with Crippen LogP contribution in [0.15, 0.2) is 43.7 Å². The summed E-state index contributed by atoms with van der Waals surface area (Å²) in [6.07, 6.45) is 1.88. The molecule has 0 aliphatic carbocycles. The van der Waals surface area contributed by atoms with Gasteiger partial charge in [0.05, 0.1) is 24.3 Å². The van der Waals surface area contributed by atoms with Crippen molar-refractivity contribution in [2.24, 2.45) is 0 Å². The molecule has 0 spiro atoms. The van der Waals surface area contributed by atoms with Gasteiger partial charge in [0.2, 0.25) is 10.2 Å². The molecule has 0 fully saturated rings. The van der Waals surface area contributed by atoms with Crippen molar-refractivity contribution in [2.75, 3.05) is 13.2 Å². The molecule has 0 saturated heterocycles. The number of halogens is 1. The van der Waals surface area contributed by atoms with Gasteiger partial charge in [-0.2, -0.15) is 8.42 Å². The Labute approximate surface area is 164 Å². The van der Waals surface area contributed by atoms with Crippen molar-refractivity contribution in [2.45, 2.75) is 24.0 Å². The first-order valence-corrected chi connectivity index (χ1v) is 11.1.